The Morgan fingerprint density at radius 1 is 1.44 bits per heavy atom. The van der Waals surface area contributed by atoms with Gasteiger partial charge in [0.1, 0.15) is 11.4 Å². The van der Waals surface area contributed by atoms with E-state index in [2.05, 4.69) is 20.5 Å². The van der Waals surface area contributed by atoms with E-state index in [4.69, 9.17) is 10.5 Å². The summed E-state index contributed by atoms with van der Waals surface area (Å²) >= 11 is 1.13. The molecule has 0 spiro atoms. The van der Waals surface area contributed by atoms with Crippen molar-refractivity contribution in [3.05, 3.63) is 26.4 Å². The van der Waals surface area contributed by atoms with Crippen molar-refractivity contribution >= 4 is 23.4 Å². The number of nitrogens with one attached hydrogen (secondary N) is 1. The van der Waals surface area contributed by atoms with E-state index in [1.54, 1.807) is 4.68 Å². The SMILES string of the molecule is COCCn1c(N)c(C(=O)CSc2nnnn2C2CC2)c(=O)[nH]c1=O. The second-order valence-corrected chi connectivity index (χ2v) is 6.46. The van der Waals surface area contributed by atoms with Crippen molar-refractivity contribution in [1.82, 2.24) is 29.8 Å². The number of hydrogen-bond donors (Lipinski definition) is 2. The number of anilines is 1. The van der Waals surface area contributed by atoms with Gasteiger partial charge in [-0.05, 0) is 23.3 Å². The average molecular weight is 367 g/mol. The van der Waals surface area contributed by atoms with Gasteiger partial charge in [0, 0.05) is 7.11 Å². The molecule has 0 unspecified atom stereocenters. The number of aromatic amines is 1. The quantitative estimate of drug-likeness (QED) is 0.445. The maximum Gasteiger partial charge on any atom is 0.330 e. The summed E-state index contributed by atoms with van der Waals surface area (Å²) in [6.07, 6.45) is 2.01. The number of thioether (sulfide) groups is 1. The van der Waals surface area contributed by atoms with Crippen LogP contribution in [0.1, 0.15) is 29.2 Å². The first-order valence-electron chi connectivity index (χ1n) is 7.58. The highest BCUT2D eigenvalue weighted by atomic mass is 32.2. The second kappa shape index (κ2) is 7.19. The third kappa shape index (κ3) is 3.64. The topological polar surface area (TPSA) is 151 Å². The Hall–Kier alpha value is -2.47. The number of aromatic nitrogens is 6. The lowest BCUT2D eigenvalue weighted by atomic mass is 10.2. The second-order valence-electron chi connectivity index (χ2n) is 5.51. The zero-order chi connectivity index (χ0) is 18.0. The first-order valence-corrected chi connectivity index (χ1v) is 8.57. The zero-order valence-electron chi connectivity index (χ0n) is 13.5. The first-order chi connectivity index (χ1) is 12.0. The minimum atomic E-state index is -0.802. The summed E-state index contributed by atoms with van der Waals surface area (Å²) in [5.74, 6) is -0.735. The van der Waals surface area contributed by atoms with Crippen LogP contribution in [0, 0.1) is 0 Å². The van der Waals surface area contributed by atoms with Gasteiger partial charge in [-0.3, -0.25) is 19.1 Å². The molecule has 0 saturated heterocycles. The fourth-order valence-electron chi connectivity index (χ4n) is 2.29. The number of H-pyrrole nitrogens is 1. The van der Waals surface area contributed by atoms with Crippen molar-refractivity contribution in [1.29, 1.82) is 0 Å². The van der Waals surface area contributed by atoms with Crippen LogP contribution in [0.15, 0.2) is 14.7 Å². The fraction of sp³-hybridized carbons (Fsp3) is 0.538. The third-order valence-corrected chi connectivity index (χ3v) is 4.66. The number of rotatable bonds is 8. The molecule has 0 aliphatic heterocycles. The predicted molar refractivity (Wildman–Crippen MR) is 88.8 cm³/mol. The standard InChI is InChI=1S/C13H17N7O4S/c1-24-5-4-19-10(14)9(11(22)15-12(19)23)8(21)6-25-13-16-17-18-20(13)7-2-3-7/h7H,2-6,14H2,1H3,(H,15,22,23). The van der Waals surface area contributed by atoms with E-state index in [0.717, 1.165) is 29.2 Å². The van der Waals surface area contributed by atoms with Crippen LogP contribution in [0.4, 0.5) is 5.82 Å². The molecule has 2 aromatic heterocycles. The number of ketones is 1. The third-order valence-electron chi connectivity index (χ3n) is 3.73. The molecule has 0 atom stereocenters. The maximum absolute atomic E-state index is 12.5. The summed E-state index contributed by atoms with van der Waals surface area (Å²) in [5.41, 5.74) is 4.15. The molecular weight excluding hydrogens is 350 g/mol. The highest BCUT2D eigenvalue weighted by molar-refractivity contribution is 7.99. The van der Waals surface area contributed by atoms with Crippen molar-refractivity contribution < 1.29 is 9.53 Å². The van der Waals surface area contributed by atoms with Crippen molar-refractivity contribution in [3.63, 3.8) is 0 Å². The number of ether oxygens (including phenoxy) is 1. The van der Waals surface area contributed by atoms with Crippen LogP contribution >= 0.6 is 11.8 Å². The monoisotopic (exact) mass is 367 g/mol. The van der Waals surface area contributed by atoms with Gasteiger partial charge in [0.05, 0.1) is 24.9 Å². The Bertz CT molecular complexity index is 899. The van der Waals surface area contributed by atoms with Crippen LogP contribution in [0.3, 0.4) is 0 Å². The summed E-state index contributed by atoms with van der Waals surface area (Å²) in [5, 5.41) is 11.9. The predicted octanol–water partition coefficient (Wildman–Crippen LogP) is -0.938. The fourth-order valence-corrected chi connectivity index (χ4v) is 3.11. The summed E-state index contributed by atoms with van der Waals surface area (Å²) in [6.45, 7) is 0.347. The van der Waals surface area contributed by atoms with E-state index in [0.29, 0.717) is 5.16 Å². The molecule has 12 heteroatoms. The molecule has 11 nitrogen and oxygen atoms in total. The van der Waals surface area contributed by atoms with E-state index < -0.39 is 17.0 Å². The van der Waals surface area contributed by atoms with Gasteiger partial charge >= 0.3 is 5.69 Å². The van der Waals surface area contributed by atoms with Gasteiger partial charge in [-0.2, -0.15) is 0 Å². The van der Waals surface area contributed by atoms with Crippen molar-refractivity contribution in [3.8, 4) is 0 Å². The number of carbonyl (C=O) groups excluding carboxylic acids is 1. The highest BCUT2D eigenvalue weighted by Crippen LogP contribution is 2.36. The van der Waals surface area contributed by atoms with Gasteiger partial charge in [0.2, 0.25) is 5.16 Å². The van der Waals surface area contributed by atoms with Gasteiger partial charge in [-0.1, -0.05) is 11.8 Å². The van der Waals surface area contributed by atoms with E-state index in [1.165, 1.54) is 7.11 Å². The number of carbonyl (C=O) groups is 1. The number of tetrazole rings is 1. The molecule has 0 radical (unpaired) electrons. The van der Waals surface area contributed by atoms with Gasteiger partial charge in [0.25, 0.3) is 5.56 Å². The number of methoxy groups -OCH3 is 1. The van der Waals surface area contributed by atoms with Crippen LogP contribution in [-0.2, 0) is 11.3 Å². The molecule has 3 rings (SSSR count). The molecule has 25 heavy (non-hydrogen) atoms. The Balaban J connectivity index is 1.80. The number of nitrogen functional groups attached to an aromatic ring is 1. The van der Waals surface area contributed by atoms with Crippen LogP contribution in [0.25, 0.3) is 0 Å². The Kier molecular flexibility index (Phi) is 4.99. The van der Waals surface area contributed by atoms with Gasteiger partial charge in [-0.25, -0.2) is 9.48 Å². The Labute approximate surface area is 145 Å². The van der Waals surface area contributed by atoms with Crippen LogP contribution in [0.5, 0.6) is 0 Å². The molecule has 2 heterocycles. The number of nitrogens with zero attached hydrogens (tertiary/aromatic N) is 5. The first kappa shape index (κ1) is 17.4. The van der Waals surface area contributed by atoms with Crippen molar-refractivity contribution in [2.45, 2.75) is 30.6 Å². The Morgan fingerprint density at radius 2 is 2.20 bits per heavy atom. The molecule has 2 aromatic rings. The highest BCUT2D eigenvalue weighted by Gasteiger charge is 2.28. The van der Waals surface area contributed by atoms with Gasteiger partial charge < -0.3 is 10.5 Å². The smallest absolute Gasteiger partial charge is 0.330 e. The molecule has 1 aliphatic rings. The van der Waals surface area contributed by atoms with Crippen LogP contribution < -0.4 is 17.0 Å². The molecule has 1 fully saturated rings. The van der Waals surface area contributed by atoms with E-state index in [1.807, 2.05) is 0 Å². The van der Waals surface area contributed by atoms with Gasteiger partial charge in [0.15, 0.2) is 5.78 Å². The molecule has 3 N–H and O–H groups in total. The maximum atomic E-state index is 12.5. The lowest BCUT2D eigenvalue weighted by Crippen LogP contribution is -2.37. The zero-order valence-corrected chi connectivity index (χ0v) is 14.3. The molecule has 0 aromatic carbocycles. The van der Waals surface area contributed by atoms with Gasteiger partial charge in [-0.15, -0.1) is 5.10 Å². The average Bonchev–Trinajstić information content (AvgIpc) is 3.30. The number of nitrogens with two attached hydrogens (primary N) is 1. The summed E-state index contributed by atoms with van der Waals surface area (Å²) in [7, 11) is 1.47. The Morgan fingerprint density at radius 3 is 2.88 bits per heavy atom. The molecule has 1 saturated carbocycles. The van der Waals surface area contributed by atoms with Crippen LogP contribution in [0.2, 0.25) is 0 Å². The van der Waals surface area contributed by atoms with E-state index in [-0.39, 0.29) is 36.3 Å². The van der Waals surface area contributed by atoms with E-state index in [9.17, 15) is 14.4 Å². The number of Topliss-reactive ketones (excluding diaryl/α,β-unsaturated/α-hetero) is 1. The summed E-state index contributed by atoms with van der Waals surface area (Å²) in [6, 6.07) is 0.275. The van der Waals surface area contributed by atoms with E-state index >= 15 is 0 Å². The number of hydrogen-bond acceptors (Lipinski definition) is 9. The molecule has 0 amide bonds. The molecule has 1 aliphatic carbocycles. The molecule has 0 bridgehead atoms. The lowest BCUT2D eigenvalue weighted by Gasteiger charge is -2.11. The largest absolute Gasteiger partial charge is 0.384 e. The van der Waals surface area contributed by atoms with Crippen LogP contribution in [-0.4, -0.2) is 55.0 Å². The lowest BCUT2D eigenvalue weighted by molar-refractivity contribution is 0.102. The summed E-state index contributed by atoms with van der Waals surface area (Å²) in [4.78, 5) is 38.4. The summed E-state index contributed by atoms with van der Waals surface area (Å²) < 4.78 is 7.68. The normalized spacial score (nSPS) is 14.0. The minimum absolute atomic E-state index is 0.0666. The molecule has 134 valence electrons. The minimum Gasteiger partial charge on any atom is -0.384 e. The van der Waals surface area contributed by atoms with Crippen molar-refractivity contribution in [2.75, 3.05) is 25.2 Å². The van der Waals surface area contributed by atoms with Crippen molar-refractivity contribution in [2.24, 2.45) is 0 Å². The molecular formula is C13H17N7O4S.